The van der Waals surface area contributed by atoms with E-state index < -0.39 is 56.1 Å². The summed E-state index contributed by atoms with van der Waals surface area (Å²) in [6.07, 6.45) is 2.81. The molecule has 26 heavy (non-hydrogen) atoms. The summed E-state index contributed by atoms with van der Waals surface area (Å²) in [5, 5.41) is 0. The van der Waals surface area contributed by atoms with Crippen LogP contribution in [0.2, 0.25) is 0 Å². The lowest BCUT2D eigenvalue weighted by Crippen LogP contribution is -2.36. The molecule has 0 N–H and O–H groups in total. The maximum Gasteiger partial charge on any atom is 0.924 e. The van der Waals surface area contributed by atoms with Crippen LogP contribution < -0.4 is 0 Å². The molecule has 0 amide bonds. The van der Waals surface area contributed by atoms with Crippen molar-refractivity contribution in [1.29, 1.82) is 0 Å². The lowest BCUT2D eigenvalue weighted by Gasteiger charge is -2.36. The second kappa shape index (κ2) is 12.6. The van der Waals surface area contributed by atoms with Crippen molar-refractivity contribution in [2.24, 2.45) is 0 Å². The summed E-state index contributed by atoms with van der Waals surface area (Å²) in [6, 6.07) is 0. The summed E-state index contributed by atoms with van der Waals surface area (Å²) in [6.45, 7) is 12.0. The summed E-state index contributed by atoms with van der Waals surface area (Å²) >= 11 is -4.56. The van der Waals surface area contributed by atoms with Gasteiger partial charge in [0.25, 0.3) is 25.8 Å². The van der Waals surface area contributed by atoms with Crippen LogP contribution in [0.3, 0.4) is 0 Å². The zero-order valence-electron chi connectivity index (χ0n) is 16.0. The van der Waals surface area contributed by atoms with Gasteiger partial charge >= 0.3 is 30.3 Å². The van der Waals surface area contributed by atoms with E-state index >= 15 is 0 Å². The SMILES string of the molecule is CCC(C)OP1[O][Al]([O]P(OC(C)CC)[O][Al]2[O]P(OC(C)CC)[O]2)[O]1. The predicted molar refractivity (Wildman–Crippen MR) is 101 cm³/mol. The molecule has 0 aromatic heterocycles. The van der Waals surface area contributed by atoms with E-state index in [9.17, 15) is 0 Å². The normalized spacial score (nSPS) is 23.3. The van der Waals surface area contributed by atoms with Gasteiger partial charge in [-0.05, 0) is 40.0 Å². The van der Waals surface area contributed by atoms with E-state index in [4.69, 9.17) is 35.0 Å². The van der Waals surface area contributed by atoms with E-state index in [0.29, 0.717) is 0 Å². The average molecular weight is 462 g/mol. The second-order valence-corrected chi connectivity index (χ2v) is 14.0. The second-order valence-electron chi connectivity index (χ2n) is 5.85. The Morgan fingerprint density at radius 1 is 0.731 bits per heavy atom. The van der Waals surface area contributed by atoms with Gasteiger partial charge in [0.1, 0.15) is 0 Å². The number of rotatable bonds is 13. The van der Waals surface area contributed by atoms with Crippen LogP contribution in [0.1, 0.15) is 60.8 Å². The van der Waals surface area contributed by atoms with Gasteiger partial charge in [-0.15, -0.1) is 0 Å². The molecule has 2 rings (SSSR count). The molecule has 2 saturated heterocycles. The fraction of sp³-hybridized carbons (Fsp3) is 1.00. The lowest BCUT2D eigenvalue weighted by atomic mass is 10.3. The fourth-order valence-corrected chi connectivity index (χ4v) is 10.0. The molecule has 2 aliphatic rings. The summed E-state index contributed by atoms with van der Waals surface area (Å²) in [7, 11) is -4.24. The third-order valence-electron chi connectivity index (χ3n) is 3.56. The molecule has 0 radical (unpaired) electrons. The van der Waals surface area contributed by atoms with Gasteiger partial charge in [0.2, 0.25) is 0 Å². The Hall–Kier alpha value is 1.99. The Labute approximate surface area is 170 Å². The van der Waals surface area contributed by atoms with Gasteiger partial charge < -0.3 is 35.0 Å². The zero-order valence-corrected chi connectivity index (χ0v) is 21.0. The van der Waals surface area contributed by atoms with Gasteiger partial charge in [-0.3, -0.25) is 0 Å². The van der Waals surface area contributed by atoms with Crippen molar-refractivity contribution in [1.82, 2.24) is 0 Å². The van der Waals surface area contributed by atoms with E-state index in [1.165, 1.54) is 0 Å². The molecule has 2 aliphatic heterocycles. The zero-order chi connectivity index (χ0) is 19.1. The molecular formula is C12H27Al2O9P3. The van der Waals surface area contributed by atoms with Crippen LogP contribution in [0.4, 0.5) is 0 Å². The van der Waals surface area contributed by atoms with Gasteiger partial charge in [-0.1, -0.05) is 20.8 Å². The molecule has 0 aromatic rings. The van der Waals surface area contributed by atoms with Crippen LogP contribution in [0, 0.1) is 0 Å². The highest BCUT2D eigenvalue weighted by atomic mass is 31.2. The van der Waals surface area contributed by atoms with E-state index in [0.717, 1.165) is 19.3 Å². The van der Waals surface area contributed by atoms with Crippen molar-refractivity contribution in [3.63, 3.8) is 0 Å². The van der Waals surface area contributed by atoms with Crippen molar-refractivity contribution < 1.29 is 35.0 Å². The van der Waals surface area contributed by atoms with E-state index in [-0.39, 0.29) is 18.3 Å². The Balaban J connectivity index is 1.70. The van der Waals surface area contributed by atoms with Crippen molar-refractivity contribution in [2.45, 2.75) is 79.1 Å². The number of hydrogen-bond donors (Lipinski definition) is 0. The topological polar surface area (TPSA) is 83.1 Å². The first-order valence-electron chi connectivity index (χ1n) is 8.84. The predicted octanol–water partition coefficient (Wildman–Crippen LogP) is 5.21. The molecule has 14 heteroatoms. The molecule has 3 atom stereocenters. The minimum Gasteiger partial charge on any atom is -0.390 e. The van der Waals surface area contributed by atoms with Gasteiger partial charge in [0, 0.05) is 0 Å². The maximum absolute atomic E-state index is 5.79. The summed E-state index contributed by atoms with van der Waals surface area (Å²) in [4.78, 5) is 0. The molecular weight excluding hydrogens is 435 g/mol. The largest absolute Gasteiger partial charge is 0.924 e. The Kier molecular flexibility index (Phi) is 11.8. The monoisotopic (exact) mass is 462 g/mol. The van der Waals surface area contributed by atoms with E-state index in [1.807, 2.05) is 41.5 Å². The van der Waals surface area contributed by atoms with Crippen molar-refractivity contribution in [3.05, 3.63) is 0 Å². The minimum absolute atomic E-state index is 0.0139. The molecule has 0 aliphatic carbocycles. The highest BCUT2D eigenvalue weighted by Gasteiger charge is 2.56. The van der Waals surface area contributed by atoms with Crippen molar-refractivity contribution in [2.75, 3.05) is 0 Å². The van der Waals surface area contributed by atoms with Crippen LogP contribution >= 0.6 is 25.8 Å². The fourth-order valence-electron chi connectivity index (χ4n) is 1.35. The highest BCUT2D eigenvalue weighted by Crippen LogP contribution is 2.58. The number of hydrogen-bond acceptors (Lipinski definition) is 9. The molecule has 0 bridgehead atoms. The van der Waals surface area contributed by atoms with Crippen molar-refractivity contribution in [3.8, 4) is 0 Å². The van der Waals surface area contributed by atoms with Crippen molar-refractivity contribution >= 4 is 56.1 Å². The Bertz CT molecular complexity index is 374. The van der Waals surface area contributed by atoms with Crippen LogP contribution in [-0.4, -0.2) is 48.6 Å². The van der Waals surface area contributed by atoms with Gasteiger partial charge in [0.15, 0.2) is 0 Å². The molecule has 9 nitrogen and oxygen atoms in total. The first-order valence-corrected chi connectivity index (χ1v) is 15.0. The minimum atomic E-state index is -2.28. The Morgan fingerprint density at radius 3 is 1.46 bits per heavy atom. The molecule has 150 valence electrons. The maximum atomic E-state index is 5.79. The molecule has 2 fully saturated rings. The smallest absolute Gasteiger partial charge is 0.390 e. The summed E-state index contributed by atoms with van der Waals surface area (Å²) in [5.74, 6) is 0. The Morgan fingerprint density at radius 2 is 1.12 bits per heavy atom. The average Bonchev–Trinajstić information content (AvgIpc) is 2.56. The van der Waals surface area contributed by atoms with Crippen LogP contribution in [0.5, 0.6) is 0 Å². The van der Waals surface area contributed by atoms with E-state index in [2.05, 4.69) is 0 Å². The van der Waals surface area contributed by atoms with Gasteiger partial charge in [-0.2, -0.15) is 0 Å². The lowest BCUT2D eigenvalue weighted by molar-refractivity contribution is 0.100. The molecule has 0 aromatic carbocycles. The third kappa shape index (κ3) is 8.39. The first kappa shape index (κ1) is 24.3. The van der Waals surface area contributed by atoms with E-state index in [1.54, 1.807) is 0 Å². The first-order chi connectivity index (χ1) is 12.4. The van der Waals surface area contributed by atoms with Crippen LogP contribution in [-0.2, 0) is 35.0 Å². The molecule has 0 spiro atoms. The summed E-state index contributed by atoms with van der Waals surface area (Å²) in [5.41, 5.74) is 0. The van der Waals surface area contributed by atoms with Gasteiger partial charge in [0.05, 0.1) is 18.3 Å². The van der Waals surface area contributed by atoms with Gasteiger partial charge in [-0.25, -0.2) is 0 Å². The molecule has 3 unspecified atom stereocenters. The third-order valence-corrected chi connectivity index (χ3v) is 13.4. The van der Waals surface area contributed by atoms with Crippen LogP contribution in [0.15, 0.2) is 0 Å². The van der Waals surface area contributed by atoms with Crippen LogP contribution in [0.25, 0.3) is 0 Å². The molecule has 2 heterocycles. The standard InChI is InChI=1S/3C4H9O3P.2Al/c3*1-3-4(2)7-8(5)6;;/h3*4H,3H2,1-2H3;;/q3*-2;2*+3. The summed E-state index contributed by atoms with van der Waals surface area (Å²) < 4.78 is 50.8. The quantitative estimate of drug-likeness (QED) is 0.271. The highest BCUT2D eigenvalue weighted by molar-refractivity contribution is 7.51. The molecule has 0 saturated carbocycles.